The molecule has 2 nitrogen and oxygen atoms in total. The van der Waals surface area contributed by atoms with Gasteiger partial charge in [0.25, 0.3) is 0 Å². The summed E-state index contributed by atoms with van der Waals surface area (Å²) in [5, 5.41) is 0.500. The predicted octanol–water partition coefficient (Wildman–Crippen LogP) is 2.63. The van der Waals surface area contributed by atoms with Crippen LogP contribution >= 0.6 is 11.6 Å². The van der Waals surface area contributed by atoms with E-state index in [0.29, 0.717) is 36.6 Å². The zero-order valence-electron chi connectivity index (χ0n) is 8.71. The van der Waals surface area contributed by atoms with E-state index >= 15 is 0 Å². The standard InChI is InChI=1S/C12H12ClFO2/c13-11-2-1-10(14)6-8(11)5-9-7-16-4-3-12(9)15/h1-2,6,9H,3-5,7H2. The number of ketones is 1. The summed E-state index contributed by atoms with van der Waals surface area (Å²) < 4.78 is 18.3. The van der Waals surface area contributed by atoms with Crippen molar-refractivity contribution in [2.45, 2.75) is 12.8 Å². The van der Waals surface area contributed by atoms with Crippen LogP contribution in [0.1, 0.15) is 12.0 Å². The van der Waals surface area contributed by atoms with Gasteiger partial charge in [-0.25, -0.2) is 4.39 Å². The topological polar surface area (TPSA) is 26.3 Å². The first-order valence-corrected chi connectivity index (χ1v) is 5.59. The second kappa shape index (κ2) is 4.93. The fraction of sp³-hybridized carbons (Fsp3) is 0.417. The van der Waals surface area contributed by atoms with Crippen molar-refractivity contribution in [3.63, 3.8) is 0 Å². The number of benzene rings is 1. The van der Waals surface area contributed by atoms with E-state index in [9.17, 15) is 9.18 Å². The summed E-state index contributed by atoms with van der Waals surface area (Å²) in [5.41, 5.74) is 0.672. The molecule has 4 heteroatoms. The number of hydrogen-bond acceptors (Lipinski definition) is 2. The molecule has 0 radical (unpaired) electrons. The van der Waals surface area contributed by atoms with Gasteiger partial charge in [0.2, 0.25) is 0 Å². The van der Waals surface area contributed by atoms with Crippen LogP contribution in [0.25, 0.3) is 0 Å². The fourth-order valence-electron chi connectivity index (χ4n) is 1.83. The maximum atomic E-state index is 13.0. The number of rotatable bonds is 2. The summed E-state index contributed by atoms with van der Waals surface area (Å²) in [6.07, 6.45) is 0.896. The van der Waals surface area contributed by atoms with Crippen LogP contribution in [0.4, 0.5) is 4.39 Å². The minimum Gasteiger partial charge on any atom is -0.380 e. The van der Waals surface area contributed by atoms with Gasteiger partial charge in [0.1, 0.15) is 11.6 Å². The monoisotopic (exact) mass is 242 g/mol. The van der Waals surface area contributed by atoms with Crippen LogP contribution in [-0.2, 0) is 16.0 Å². The molecule has 1 aromatic carbocycles. The third kappa shape index (κ3) is 2.60. The van der Waals surface area contributed by atoms with Crippen LogP contribution in [-0.4, -0.2) is 19.0 Å². The van der Waals surface area contributed by atoms with E-state index < -0.39 is 0 Å². The lowest BCUT2D eigenvalue weighted by atomic mass is 9.93. The van der Waals surface area contributed by atoms with E-state index in [4.69, 9.17) is 16.3 Å². The first-order valence-electron chi connectivity index (χ1n) is 5.21. The molecular formula is C12H12ClFO2. The summed E-state index contributed by atoms with van der Waals surface area (Å²) in [7, 11) is 0. The second-order valence-electron chi connectivity index (χ2n) is 3.93. The largest absolute Gasteiger partial charge is 0.380 e. The molecule has 1 unspecified atom stereocenters. The Balaban J connectivity index is 2.13. The zero-order valence-corrected chi connectivity index (χ0v) is 9.47. The van der Waals surface area contributed by atoms with E-state index in [1.54, 1.807) is 0 Å². The van der Waals surface area contributed by atoms with E-state index in [1.165, 1.54) is 18.2 Å². The van der Waals surface area contributed by atoms with E-state index in [2.05, 4.69) is 0 Å². The summed E-state index contributed by atoms with van der Waals surface area (Å²) in [6, 6.07) is 4.20. The summed E-state index contributed by atoms with van der Waals surface area (Å²) >= 11 is 5.94. The second-order valence-corrected chi connectivity index (χ2v) is 4.34. The molecule has 1 saturated heterocycles. The normalized spacial score (nSPS) is 21.1. The average molecular weight is 243 g/mol. The van der Waals surface area contributed by atoms with E-state index in [-0.39, 0.29) is 17.5 Å². The molecule has 0 N–H and O–H groups in total. The highest BCUT2D eigenvalue weighted by atomic mass is 35.5. The predicted molar refractivity (Wildman–Crippen MR) is 59.0 cm³/mol. The Morgan fingerprint density at radius 3 is 3.06 bits per heavy atom. The van der Waals surface area contributed by atoms with Gasteiger partial charge in [0, 0.05) is 17.4 Å². The highest BCUT2D eigenvalue weighted by molar-refractivity contribution is 6.31. The van der Waals surface area contributed by atoms with E-state index in [0.717, 1.165) is 0 Å². The molecular weight excluding hydrogens is 231 g/mol. The van der Waals surface area contributed by atoms with Gasteiger partial charge >= 0.3 is 0 Å². The van der Waals surface area contributed by atoms with Crippen LogP contribution in [0.15, 0.2) is 18.2 Å². The van der Waals surface area contributed by atoms with Crippen molar-refractivity contribution in [2.24, 2.45) is 5.92 Å². The summed E-state index contributed by atoms with van der Waals surface area (Å²) in [4.78, 5) is 11.6. The number of hydrogen-bond donors (Lipinski definition) is 0. The van der Waals surface area contributed by atoms with Gasteiger partial charge in [-0.1, -0.05) is 11.6 Å². The number of ether oxygens (including phenoxy) is 1. The Kier molecular flexibility index (Phi) is 3.56. The van der Waals surface area contributed by atoms with Crippen molar-refractivity contribution in [1.82, 2.24) is 0 Å². The lowest BCUT2D eigenvalue weighted by molar-refractivity contribution is -0.130. The van der Waals surface area contributed by atoms with Crippen molar-refractivity contribution in [3.05, 3.63) is 34.6 Å². The van der Waals surface area contributed by atoms with Gasteiger partial charge in [-0.05, 0) is 30.2 Å². The summed E-state index contributed by atoms with van der Waals surface area (Å²) in [6.45, 7) is 0.901. The molecule has 0 aliphatic carbocycles. The number of carbonyl (C=O) groups excluding carboxylic acids is 1. The molecule has 0 aromatic heterocycles. The molecule has 0 bridgehead atoms. The van der Waals surface area contributed by atoms with Crippen LogP contribution in [0.5, 0.6) is 0 Å². The molecule has 1 aromatic rings. The van der Waals surface area contributed by atoms with Gasteiger partial charge in [-0.3, -0.25) is 4.79 Å². The van der Waals surface area contributed by atoms with Crippen LogP contribution < -0.4 is 0 Å². The number of carbonyl (C=O) groups is 1. The van der Waals surface area contributed by atoms with Gasteiger partial charge in [0.05, 0.1) is 13.2 Å². The first-order chi connectivity index (χ1) is 7.66. The van der Waals surface area contributed by atoms with Crippen molar-refractivity contribution in [3.8, 4) is 0 Å². The first kappa shape index (κ1) is 11.6. The molecule has 16 heavy (non-hydrogen) atoms. The highest BCUT2D eigenvalue weighted by Crippen LogP contribution is 2.23. The van der Waals surface area contributed by atoms with Crippen molar-refractivity contribution >= 4 is 17.4 Å². The van der Waals surface area contributed by atoms with Gasteiger partial charge in [0.15, 0.2) is 0 Å². The molecule has 2 rings (SSSR count). The Morgan fingerprint density at radius 1 is 1.50 bits per heavy atom. The van der Waals surface area contributed by atoms with Crippen LogP contribution in [0, 0.1) is 11.7 Å². The maximum absolute atomic E-state index is 13.0. The molecule has 86 valence electrons. The quantitative estimate of drug-likeness (QED) is 0.797. The third-order valence-corrected chi connectivity index (χ3v) is 3.11. The van der Waals surface area contributed by atoms with Crippen LogP contribution in [0.2, 0.25) is 5.02 Å². The molecule has 1 heterocycles. The SMILES string of the molecule is O=C1CCOCC1Cc1cc(F)ccc1Cl. The lowest BCUT2D eigenvalue weighted by Crippen LogP contribution is -2.29. The maximum Gasteiger partial charge on any atom is 0.140 e. The molecule has 0 spiro atoms. The minimum absolute atomic E-state index is 0.173. The van der Waals surface area contributed by atoms with Crippen molar-refractivity contribution in [2.75, 3.05) is 13.2 Å². The third-order valence-electron chi connectivity index (χ3n) is 2.74. The highest BCUT2D eigenvalue weighted by Gasteiger charge is 2.23. The van der Waals surface area contributed by atoms with Crippen molar-refractivity contribution < 1.29 is 13.9 Å². The Bertz CT molecular complexity index is 406. The molecule has 1 fully saturated rings. The fourth-order valence-corrected chi connectivity index (χ4v) is 2.03. The number of Topliss-reactive ketones (excluding diaryl/α,β-unsaturated/α-hetero) is 1. The molecule has 0 saturated carbocycles. The molecule has 1 aliphatic rings. The Hall–Kier alpha value is -0.930. The molecule has 1 aliphatic heterocycles. The molecule has 1 atom stereocenters. The van der Waals surface area contributed by atoms with Gasteiger partial charge in [-0.2, -0.15) is 0 Å². The van der Waals surface area contributed by atoms with Gasteiger partial charge in [-0.15, -0.1) is 0 Å². The average Bonchev–Trinajstić information content (AvgIpc) is 2.27. The molecule has 0 amide bonds. The van der Waals surface area contributed by atoms with Crippen LogP contribution in [0.3, 0.4) is 0 Å². The Morgan fingerprint density at radius 2 is 2.31 bits per heavy atom. The number of halogens is 2. The van der Waals surface area contributed by atoms with E-state index in [1.807, 2.05) is 0 Å². The lowest BCUT2D eigenvalue weighted by Gasteiger charge is -2.21. The smallest absolute Gasteiger partial charge is 0.140 e. The summed E-state index contributed by atoms with van der Waals surface area (Å²) in [5.74, 6) is -0.344. The zero-order chi connectivity index (χ0) is 11.5. The Labute approximate surface area is 98.4 Å². The minimum atomic E-state index is -0.330. The van der Waals surface area contributed by atoms with Crippen molar-refractivity contribution in [1.29, 1.82) is 0 Å². The van der Waals surface area contributed by atoms with Gasteiger partial charge < -0.3 is 4.74 Å².